The Hall–Kier alpha value is -1.66. The summed E-state index contributed by atoms with van der Waals surface area (Å²) in [6.07, 6.45) is 8.86. The molecule has 2 aromatic rings. The van der Waals surface area contributed by atoms with Crippen molar-refractivity contribution in [1.82, 2.24) is 20.0 Å². The van der Waals surface area contributed by atoms with E-state index in [1.807, 2.05) is 16.2 Å². The molecule has 1 amide bonds. The van der Waals surface area contributed by atoms with E-state index < -0.39 is 0 Å². The quantitative estimate of drug-likeness (QED) is 0.805. The lowest BCUT2D eigenvalue weighted by atomic mass is 9.91. The summed E-state index contributed by atoms with van der Waals surface area (Å²) in [6, 6.07) is 4.76. The van der Waals surface area contributed by atoms with Crippen LogP contribution in [0.4, 0.5) is 0 Å². The van der Waals surface area contributed by atoms with Crippen molar-refractivity contribution < 1.29 is 4.79 Å². The fraction of sp³-hybridized carbons (Fsp3) is 0.636. The predicted octanol–water partition coefficient (Wildman–Crippen LogP) is 3.67. The molecule has 1 saturated heterocycles. The van der Waals surface area contributed by atoms with Crippen molar-refractivity contribution in [3.8, 4) is 0 Å². The van der Waals surface area contributed by atoms with Crippen molar-refractivity contribution in [3.05, 3.63) is 39.3 Å². The van der Waals surface area contributed by atoms with Crippen LogP contribution in [0.15, 0.2) is 17.5 Å². The number of amides is 1. The van der Waals surface area contributed by atoms with Crippen LogP contribution in [0.2, 0.25) is 0 Å². The minimum atomic E-state index is 0.157. The van der Waals surface area contributed by atoms with Crippen molar-refractivity contribution in [3.63, 3.8) is 0 Å². The Bertz CT molecular complexity index is 775. The van der Waals surface area contributed by atoms with Gasteiger partial charge in [0.25, 0.3) is 5.91 Å². The van der Waals surface area contributed by atoms with Crippen molar-refractivity contribution >= 4 is 17.2 Å². The molecule has 1 atom stereocenters. The summed E-state index contributed by atoms with van der Waals surface area (Å²) in [4.78, 5) is 16.7. The third kappa shape index (κ3) is 4.33. The zero-order chi connectivity index (χ0) is 19.3. The molecule has 2 aliphatic rings. The molecule has 0 radical (unpaired) electrons. The van der Waals surface area contributed by atoms with E-state index in [-0.39, 0.29) is 5.91 Å². The van der Waals surface area contributed by atoms with Gasteiger partial charge in [-0.2, -0.15) is 5.10 Å². The Labute approximate surface area is 172 Å². The molecule has 1 aliphatic heterocycles. The molecule has 0 spiro atoms. The van der Waals surface area contributed by atoms with Crippen molar-refractivity contribution in [2.75, 3.05) is 19.6 Å². The minimum absolute atomic E-state index is 0.157. The number of thiophene rings is 1. The summed E-state index contributed by atoms with van der Waals surface area (Å²) in [5.74, 6) is 0.157. The van der Waals surface area contributed by atoms with Crippen molar-refractivity contribution in [2.45, 2.75) is 70.9 Å². The van der Waals surface area contributed by atoms with Gasteiger partial charge in [-0.1, -0.05) is 18.9 Å². The van der Waals surface area contributed by atoms with E-state index in [9.17, 15) is 4.79 Å². The maximum Gasteiger partial charge on any atom is 0.274 e. The van der Waals surface area contributed by atoms with Crippen LogP contribution < -0.4 is 5.32 Å². The number of likely N-dealkylation sites (tertiary alicyclic amines) is 1. The SMILES string of the molecule is CCn1nc(C(=O)N2CCCCCC2)c2c1CC[C@@H](NCCc1cccs1)C2. The number of aryl methyl sites for hydroxylation is 1. The molecule has 1 fully saturated rings. The highest BCUT2D eigenvalue weighted by atomic mass is 32.1. The number of nitrogens with one attached hydrogen (secondary N) is 1. The van der Waals surface area contributed by atoms with Gasteiger partial charge in [-0.05, 0) is 56.9 Å². The molecular formula is C22H32N4OS. The largest absolute Gasteiger partial charge is 0.337 e. The van der Waals surface area contributed by atoms with Gasteiger partial charge in [-0.25, -0.2) is 0 Å². The van der Waals surface area contributed by atoms with Gasteiger partial charge in [0.15, 0.2) is 5.69 Å². The first-order chi connectivity index (χ1) is 13.8. The van der Waals surface area contributed by atoms with E-state index in [0.717, 1.165) is 70.4 Å². The molecule has 1 N–H and O–H groups in total. The number of carbonyl (C=O) groups is 1. The molecule has 1 aliphatic carbocycles. The summed E-state index contributed by atoms with van der Waals surface area (Å²) in [5, 5.41) is 10.6. The van der Waals surface area contributed by atoms with E-state index in [4.69, 9.17) is 5.10 Å². The zero-order valence-corrected chi connectivity index (χ0v) is 17.8. The van der Waals surface area contributed by atoms with Crippen LogP contribution in [0.5, 0.6) is 0 Å². The van der Waals surface area contributed by atoms with Crippen molar-refractivity contribution in [1.29, 1.82) is 0 Å². The lowest BCUT2D eigenvalue weighted by molar-refractivity contribution is 0.0753. The second-order valence-electron chi connectivity index (χ2n) is 8.02. The van der Waals surface area contributed by atoms with Crippen LogP contribution in [0.1, 0.15) is 65.7 Å². The maximum absolute atomic E-state index is 13.3. The number of nitrogens with zero attached hydrogens (tertiary/aromatic N) is 3. The summed E-state index contributed by atoms with van der Waals surface area (Å²) in [6.45, 7) is 5.73. The number of aromatic nitrogens is 2. The van der Waals surface area contributed by atoms with Crippen LogP contribution in [-0.4, -0.2) is 46.3 Å². The molecule has 28 heavy (non-hydrogen) atoms. The minimum Gasteiger partial charge on any atom is -0.337 e. The second-order valence-corrected chi connectivity index (χ2v) is 9.05. The van der Waals surface area contributed by atoms with E-state index in [1.54, 1.807) is 0 Å². The number of carbonyl (C=O) groups excluding carboxylic acids is 1. The first kappa shape index (κ1) is 19.6. The normalized spacial score (nSPS) is 20.0. The van der Waals surface area contributed by atoms with Crippen LogP contribution in [0.25, 0.3) is 0 Å². The van der Waals surface area contributed by atoms with Gasteiger partial charge in [0, 0.05) is 48.4 Å². The lowest BCUT2D eigenvalue weighted by Crippen LogP contribution is -2.37. The first-order valence-electron chi connectivity index (χ1n) is 10.9. The monoisotopic (exact) mass is 400 g/mol. The van der Waals surface area contributed by atoms with Gasteiger partial charge in [-0.15, -0.1) is 11.3 Å². The standard InChI is InChI=1S/C22H32N4OS/c1-2-26-20-10-9-17(23-12-11-18-8-7-15-28-18)16-19(20)21(24-26)22(27)25-13-5-3-4-6-14-25/h7-8,15,17,23H,2-6,9-14,16H2,1H3/t17-/m1/s1. The molecular weight excluding hydrogens is 368 g/mol. The Kier molecular flexibility index (Phi) is 6.47. The third-order valence-electron chi connectivity index (χ3n) is 6.13. The summed E-state index contributed by atoms with van der Waals surface area (Å²) in [7, 11) is 0. The molecule has 5 nitrogen and oxygen atoms in total. The highest BCUT2D eigenvalue weighted by Gasteiger charge is 2.30. The molecule has 6 heteroatoms. The first-order valence-corrected chi connectivity index (χ1v) is 11.8. The molecule has 0 saturated carbocycles. The van der Waals surface area contributed by atoms with Gasteiger partial charge in [0.2, 0.25) is 0 Å². The van der Waals surface area contributed by atoms with E-state index >= 15 is 0 Å². The Balaban J connectivity index is 1.46. The summed E-state index contributed by atoms with van der Waals surface area (Å²) >= 11 is 1.82. The third-order valence-corrected chi connectivity index (χ3v) is 7.06. The van der Waals surface area contributed by atoms with Crippen LogP contribution in [-0.2, 0) is 25.8 Å². The Morgan fingerprint density at radius 2 is 2.11 bits per heavy atom. The van der Waals surface area contributed by atoms with E-state index in [0.29, 0.717) is 6.04 Å². The molecule has 152 valence electrons. The van der Waals surface area contributed by atoms with Gasteiger partial charge >= 0.3 is 0 Å². The fourth-order valence-electron chi connectivity index (χ4n) is 4.57. The molecule has 0 bridgehead atoms. The Morgan fingerprint density at radius 1 is 1.29 bits per heavy atom. The maximum atomic E-state index is 13.3. The van der Waals surface area contributed by atoms with Crippen LogP contribution >= 0.6 is 11.3 Å². The van der Waals surface area contributed by atoms with Crippen LogP contribution in [0, 0.1) is 0 Å². The van der Waals surface area contributed by atoms with Gasteiger partial charge < -0.3 is 10.2 Å². The van der Waals surface area contributed by atoms with Crippen molar-refractivity contribution in [2.24, 2.45) is 0 Å². The highest BCUT2D eigenvalue weighted by Crippen LogP contribution is 2.27. The topological polar surface area (TPSA) is 50.2 Å². The average Bonchev–Trinajstić information content (AvgIpc) is 3.27. The van der Waals surface area contributed by atoms with Gasteiger partial charge in [0.1, 0.15) is 0 Å². The van der Waals surface area contributed by atoms with E-state index in [2.05, 4.69) is 34.4 Å². The average molecular weight is 401 g/mol. The smallest absolute Gasteiger partial charge is 0.274 e. The fourth-order valence-corrected chi connectivity index (χ4v) is 5.28. The van der Waals surface area contributed by atoms with Gasteiger partial charge in [-0.3, -0.25) is 9.48 Å². The molecule has 4 rings (SSSR count). The highest BCUT2D eigenvalue weighted by molar-refractivity contribution is 7.09. The molecule has 0 aromatic carbocycles. The van der Waals surface area contributed by atoms with Gasteiger partial charge in [0.05, 0.1) is 0 Å². The zero-order valence-electron chi connectivity index (χ0n) is 17.0. The Morgan fingerprint density at radius 3 is 2.82 bits per heavy atom. The number of hydrogen-bond acceptors (Lipinski definition) is 4. The molecule has 3 heterocycles. The molecule has 0 unspecified atom stereocenters. The summed E-state index contributed by atoms with van der Waals surface area (Å²) < 4.78 is 2.07. The summed E-state index contributed by atoms with van der Waals surface area (Å²) in [5.41, 5.74) is 3.22. The predicted molar refractivity (Wildman–Crippen MR) is 114 cm³/mol. The number of rotatable bonds is 6. The second kappa shape index (κ2) is 9.23. The number of fused-ring (bicyclic) bond motifs is 1. The lowest BCUT2D eigenvalue weighted by Gasteiger charge is -2.25. The van der Waals surface area contributed by atoms with E-state index in [1.165, 1.54) is 29.0 Å². The van der Waals surface area contributed by atoms with Crippen LogP contribution in [0.3, 0.4) is 0 Å². The number of hydrogen-bond donors (Lipinski definition) is 1. The molecule has 2 aromatic heterocycles.